The smallest absolute Gasteiger partial charge is 0.0406 e. The molecular formula is C16H22ClN. The van der Waals surface area contributed by atoms with Gasteiger partial charge in [-0.25, -0.2) is 0 Å². The first kappa shape index (κ1) is 12.5. The molecule has 1 aliphatic heterocycles. The van der Waals surface area contributed by atoms with Crippen molar-refractivity contribution in [3.63, 3.8) is 0 Å². The molecule has 3 rings (SSSR count). The summed E-state index contributed by atoms with van der Waals surface area (Å²) < 4.78 is 0. The maximum atomic E-state index is 6.01. The number of nitrogens with one attached hydrogen (secondary N) is 1. The van der Waals surface area contributed by atoms with Crippen LogP contribution >= 0.6 is 11.6 Å². The van der Waals surface area contributed by atoms with Gasteiger partial charge in [-0.2, -0.15) is 0 Å². The first-order chi connectivity index (χ1) is 8.70. The van der Waals surface area contributed by atoms with Crippen LogP contribution in [0.4, 0.5) is 0 Å². The predicted molar refractivity (Wildman–Crippen MR) is 77.1 cm³/mol. The first-order valence-electron chi connectivity index (χ1n) is 7.16. The normalized spacial score (nSPS) is 36.1. The summed E-state index contributed by atoms with van der Waals surface area (Å²) in [6.07, 6.45) is 5.56. The number of piperidine rings is 1. The zero-order chi connectivity index (χ0) is 12.6. The zero-order valence-corrected chi connectivity index (χ0v) is 11.8. The number of benzene rings is 1. The van der Waals surface area contributed by atoms with Crippen LogP contribution in [-0.4, -0.2) is 13.1 Å². The Kier molecular flexibility index (Phi) is 3.38. The molecule has 2 heteroatoms. The largest absolute Gasteiger partial charge is 0.316 e. The lowest BCUT2D eigenvalue weighted by atomic mass is 9.66. The maximum Gasteiger partial charge on any atom is 0.0406 e. The summed E-state index contributed by atoms with van der Waals surface area (Å²) >= 11 is 6.01. The van der Waals surface area contributed by atoms with E-state index in [1.165, 1.54) is 37.8 Å². The molecule has 1 spiro atoms. The molecule has 1 nitrogen and oxygen atoms in total. The molecule has 0 aromatic heterocycles. The van der Waals surface area contributed by atoms with Crippen LogP contribution < -0.4 is 5.32 Å². The summed E-state index contributed by atoms with van der Waals surface area (Å²) in [4.78, 5) is 0. The van der Waals surface area contributed by atoms with Gasteiger partial charge in [0.25, 0.3) is 0 Å². The molecular weight excluding hydrogens is 242 g/mol. The molecule has 1 N–H and O–H groups in total. The highest BCUT2D eigenvalue weighted by Gasteiger charge is 2.45. The van der Waals surface area contributed by atoms with E-state index in [1.807, 2.05) is 12.1 Å². The molecule has 0 bridgehead atoms. The van der Waals surface area contributed by atoms with Gasteiger partial charge in [0.2, 0.25) is 0 Å². The molecule has 1 heterocycles. The monoisotopic (exact) mass is 263 g/mol. The second-order valence-electron chi connectivity index (χ2n) is 6.27. The third-order valence-electron chi connectivity index (χ3n) is 5.05. The third-order valence-corrected chi connectivity index (χ3v) is 5.30. The summed E-state index contributed by atoms with van der Waals surface area (Å²) in [5.41, 5.74) is 2.03. The fourth-order valence-corrected chi connectivity index (χ4v) is 4.24. The minimum atomic E-state index is 0.554. The summed E-state index contributed by atoms with van der Waals surface area (Å²) in [5.74, 6) is 1.58. The maximum absolute atomic E-state index is 6.01. The Morgan fingerprint density at radius 2 is 2.00 bits per heavy atom. The summed E-state index contributed by atoms with van der Waals surface area (Å²) in [6.45, 7) is 4.74. The van der Waals surface area contributed by atoms with E-state index >= 15 is 0 Å². The Morgan fingerprint density at radius 1 is 1.22 bits per heavy atom. The minimum Gasteiger partial charge on any atom is -0.316 e. The van der Waals surface area contributed by atoms with E-state index in [9.17, 15) is 0 Å². The van der Waals surface area contributed by atoms with E-state index in [-0.39, 0.29) is 0 Å². The highest BCUT2D eigenvalue weighted by molar-refractivity contribution is 6.30. The van der Waals surface area contributed by atoms with E-state index in [2.05, 4.69) is 24.4 Å². The molecule has 3 atom stereocenters. The van der Waals surface area contributed by atoms with E-state index in [0.29, 0.717) is 11.3 Å². The predicted octanol–water partition coefficient (Wildman–Crippen LogP) is 4.22. The molecule has 0 amide bonds. The molecule has 1 saturated heterocycles. The zero-order valence-electron chi connectivity index (χ0n) is 11.1. The number of rotatable bonds is 1. The molecule has 98 valence electrons. The van der Waals surface area contributed by atoms with Crippen molar-refractivity contribution < 1.29 is 0 Å². The van der Waals surface area contributed by atoms with Crippen LogP contribution in [0.15, 0.2) is 24.3 Å². The highest BCUT2D eigenvalue weighted by atomic mass is 35.5. The van der Waals surface area contributed by atoms with Gasteiger partial charge in [0, 0.05) is 17.5 Å². The van der Waals surface area contributed by atoms with Gasteiger partial charge in [-0.1, -0.05) is 37.1 Å². The van der Waals surface area contributed by atoms with Gasteiger partial charge < -0.3 is 5.32 Å². The van der Waals surface area contributed by atoms with Gasteiger partial charge in [0.05, 0.1) is 0 Å². The van der Waals surface area contributed by atoms with Crippen LogP contribution in [0.3, 0.4) is 0 Å². The second-order valence-corrected chi connectivity index (χ2v) is 6.71. The van der Waals surface area contributed by atoms with Crippen LogP contribution in [-0.2, 0) is 0 Å². The molecule has 2 aliphatic rings. The topological polar surface area (TPSA) is 12.0 Å². The van der Waals surface area contributed by atoms with Crippen molar-refractivity contribution >= 4 is 11.6 Å². The molecule has 0 radical (unpaired) electrons. The number of hydrogen-bond acceptors (Lipinski definition) is 1. The lowest BCUT2D eigenvalue weighted by Crippen LogP contribution is -2.42. The fraction of sp³-hybridized carbons (Fsp3) is 0.625. The molecule has 1 aromatic rings. The van der Waals surface area contributed by atoms with Crippen LogP contribution in [0.1, 0.15) is 44.1 Å². The minimum absolute atomic E-state index is 0.554. The van der Waals surface area contributed by atoms with Crippen molar-refractivity contribution in [3.05, 3.63) is 34.9 Å². The Bertz CT molecular complexity index is 410. The fourth-order valence-electron chi connectivity index (χ4n) is 4.12. The Morgan fingerprint density at radius 3 is 2.67 bits per heavy atom. The van der Waals surface area contributed by atoms with Crippen LogP contribution in [0.25, 0.3) is 0 Å². The third kappa shape index (κ3) is 2.19. The van der Waals surface area contributed by atoms with Gasteiger partial charge >= 0.3 is 0 Å². The molecule has 1 aliphatic carbocycles. The van der Waals surface area contributed by atoms with Gasteiger partial charge in [-0.05, 0) is 54.8 Å². The standard InChI is InChI=1S/C16H22ClN/c1-12-6-7-16(10-12)8-9-18-11-15(16)13-2-4-14(17)5-3-13/h2-5,12,15,18H,6-11H2,1H3. The SMILES string of the molecule is CC1CCC2(CCNCC2c2ccc(Cl)cc2)C1. The Balaban J connectivity index is 1.90. The lowest BCUT2D eigenvalue weighted by Gasteiger charge is -2.42. The lowest BCUT2D eigenvalue weighted by molar-refractivity contribution is 0.164. The van der Waals surface area contributed by atoms with Crippen molar-refractivity contribution in [2.75, 3.05) is 13.1 Å². The van der Waals surface area contributed by atoms with E-state index in [1.54, 1.807) is 0 Å². The molecule has 18 heavy (non-hydrogen) atoms. The van der Waals surface area contributed by atoms with Crippen molar-refractivity contribution in [2.24, 2.45) is 11.3 Å². The average molecular weight is 264 g/mol. The first-order valence-corrected chi connectivity index (χ1v) is 7.54. The Labute approximate surface area is 115 Å². The molecule has 1 saturated carbocycles. The summed E-state index contributed by atoms with van der Waals surface area (Å²) in [7, 11) is 0. The summed E-state index contributed by atoms with van der Waals surface area (Å²) in [6, 6.07) is 8.53. The van der Waals surface area contributed by atoms with E-state index < -0.39 is 0 Å². The van der Waals surface area contributed by atoms with Gasteiger partial charge in [0.15, 0.2) is 0 Å². The van der Waals surface area contributed by atoms with Crippen molar-refractivity contribution in [1.29, 1.82) is 0 Å². The molecule has 2 fully saturated rings. The van der Waals surface area contributed by atoms with E-state index in [4.69, 9.17) is 11.6 Å². The molecule has 1 aromatic carbocycles. The average Bonchev–Trinajstić information content (AvgIpc) is 2.73. The van der Waals surface area contributed by atoms with Crippen LogP contribution in [0.5, 0.6) is 0 Å². The van der Waals surface area contributed by atoms with E-state index in [0.717, 1.165) is 17.5 Å². The van der Waals surface area contributed by atoms with Crippen molar-refractivity contribution in [3.8, 4) is 0 Å². The number of hydrogen-bond donors (Lipinski definition) is 1. The summed E-state index contributed by atoms with van der Waals surface area (Å²) in [5, 5.41) is 4.42. The highest BCUT2D eigenvalue weighted by Crippen LogP contribution is 2.54. The quantitative estimate of drug-likeness (QED) is 0.800. The Hall–Kier alpha value is -0.530. The number of halogens is 1. The van der Waals surface area contributed by atoms with Crippen LogP contribution in [0.2, 0.25) is 5.02 Å². The van der Waals surface area contributed by atoms with Crippen molar-refractivity contribution in [2.45, 2.75) is 38.5 Å². The van der Waals surface area contributed by atoms with Gasteiger partial charge in [0.1, 0.15) is 0 Å². The van der Waals surface area contributed by atoms with Crippen LogP contribution in [0, 0.1) is 11.3 Å². The molecule has 3 unspecified atom stereocenters. The van der Waals surface area contributed by atoms with Gasteiger partial charge in [-0.3, -0.25) is 0 Å². The van der Waals surface area contributed by atoms with Gasteiger partial charge in [-0.15, -0.1) is 0 Å². The second kappa shape index (κ2) is 4.86. The van der Waals surface area contributed by atoms with Crippen molar-refractivity contribution in [1.82, 2.24) is 5.32 Å².